The number of aliphatic imine (C=N–C) groups is 1. The van der Waals surface area contributed by atoms with Crippen molar-refractivity contribution in [1.29, 1.82) is 0 Å². The van der Waals surface area contributed by atoms with Crippen LogP contribution >= 0.6 is 0 Å². The van der Waals surface area contributed by atoms with Crippen molar-refractivity contribution in [2.24, 2.45) is 4.99 Å². The van der Waals surface area contributed by atoms with Crippen LogP contribution in [0.25, 0.3) is 0 Å². The van der Waals surface area contributed by atoms with Gasteiger partial charge in [0.1, 0.15) is 5.76 Å². The van der Waals surface area contributed by atoms with Crippen molar-refractivity contribution in [1.82, 2.24) is 10.2 Å². The Kier molecular flexibility index (Phi) is 6.55. The molecule has 2 fully saturated rings. The first-order valence-electron chi connectivity index (χ1n) is 9.16. The van der Waals surface area contributed by atoms with Crippen LogP contribution < -0.4 is 5.32 Å². The number of nitrogens with zero attached hydrogens (tertiary/aromatic N) is 2. The fourth-order valence-corrected chi connectivity index (χ4v) is 3.24. The Morgan fingerprint density at radius 1 is 1.29 bits per heavy atom. The molecule has 1 unspecified atom stereocenters. The summed E-state index contributed by atoms with van der Waals surface area (Å²) >= 11 is 0. The van der Waals surface area contributed by atoms with Gasteiger partial charge in [-0.25, -0.2) is 0 Å². The van der Waals surface area contributed by atoms with E-state index in [2.05, 4.69) is 10.2 Å². The molecule has 0 saturated carbocycles. The van der Waals surface area contributed by atoms with Crippen molar-refractivity contribution < 1.29 is 14.3 Å². The van der Waals surface area contributed by atoms with Crippen LogP contribution in [0.1, 0.15) is 37.9 Å². The first-order chi connectivity index (χ1) is 11.8. The molecule has 6 nitrogen and oxygen atoms in total. The number of aliphatic hydroxyl groups is 1. The lowest BCUT2D eigenvalue weighted by molar-refractivity contribution is 0.0222. The Balaban J connectivity index is 1.54. The number of rotatable bonds is 5. The van der Waals surface area contributed by atoms with Gasteiger partial charge >= 0.3 is 0 Å². The summed E-state index contributed by atoms with van der Waals surface area (Å²) in [6.07, 6.45) is 7.72. The Bertz CT molecular complexity index is 490. The molecule has 134 valence electrons. The molecule has 2 aliphatic heterocycles. The van der Waals surface area contributed by atoms with Crippen molar-refractivity contribution in [2.45, 2.75) is 50.7 Å². The summed E-state index contributed by atoms with van der Waals surface area (Å²) in [5, 5.41) is 13.2. The standard InChI is InChI=1S/C18H29N3O3/c22-15-7-10-21(11-8-15)18(19-9-6-16-5-3-13-23-16)20-14-17-4-1-2-12-24-17/h3,5,13,15,17,22H,1-2,4,6-12,14H2,(H,19,20). The van der Waals surface area contributed by atoms with Crippen LogP contribution in [0.2, 0.25) is 0 Å². The summed E-state index contributed by atoms with van der Waals surface area (Å²) in [6.45, 7) is 4.05. The van der Waals surface area contributed by atoms with Crippen LogP contribution in [0.3, 0.4) is 0 Å². The fraction of sp³-hybridized carbons (Fsp3) is 0.722. The number of hydrogen-bond acceptors (Lipinski definition) is 4. The van der Waals surface area contributed by atoms with E-state index in [1.165, 1.54) is 12.8 Å². The average Bonchev–Trinajstić information content (AvgIpc) is 3.13. The lowest BCUT2D eigenvalue weighted by Crippen LogP contribution is -2.47. The monoisotopic (exact) mass is 335 g/mol. The molecular formula is C18H29N3O3. The molecule has 1 atom stereocenters. The Labute approximate surface area is 143 Å². The molecule has 2 saturated heterocycles. The van der Waals surface area contributed by atoms with E-state index in [1.54, 1.807) is 6.26 Å². The van der Waals surface area contributed by atoms with Gasteiger partial charge in [-0.05, 0) is 44.2 Å². The number of nitrogens with one attached hydrogen (secondary N) is 1. The molecule has 0 aliphatic carbocycles. The normalized spacial score (nSPS) is 23.5. The Morgan fingerprint density at radius 2 is 2.17 bits per heavy atom. The molecule has 3 rings (SSSR count). The zero-order valence-electron chi connectivity index (χ0n) is 14.3. The minimum Gasteiger partial charge on any atom is -0.469 e. The van der Waals surface area contributed by atoms with Crippen molar-refractivity contribution in [2.75, 3.05) is 32.8 Å². The summed E-state index contributed by atoms with van der Waals surface area (Å²) in [5.74, 6) is 1.91. The van der Waals surface area contributed by atoms with Crippen molar-refractivity contribution in [3.8, 4) is 0 Å². The lowest BCUT2D eigenvalue weighted by atomic mass is 10.1. The third kappa shape index (κ3) is 5.24. The van der Waals surface area contributed by atoms with Crippen molar-refractivity contribution in [3.63, 3.8) is 0 Å². The van der Waals surface area contributed by atoms with Crippen molar-refractivity contribution >= 4 is 5.96 Å². The number of furan rings is 1. The molecule has 0 bridgehead atoms. The van der Waals surface area contributed by atoms with Gasteiger partial charge in [-0.2, -0.15) is 0 Å². The molecule has 2 aliphatic rings. The molecule has 6 heteroatoms. The van der Waals surface area contributed by atoms with Gasteiger partial charge in [-0.3, -0.25) is 4.99 Å². The molecule has 2 N–H and O–H groups in total. The summed E-state index contributed by atoms with van der Waals surface area (Å²) in [7, 11) is 0. The number of ether oxygens (including phenoxy) is 1. The zero-order chi connectivity index (χ0) is 16.6. The van der Waals surface area contributed by atoms with Gasteiger partial charge < -0.3 is 24.5 Å². The second kappa shape index (κ2) is 9.08. The smallest absolute Gasteiger partial charge is 0.194 e. The topological polar surface area (TPSA) is 70.2 Å². The van der Waals surface area contributed by atoms with Gasteiger partial charge in [-0.1, -0.05) is 0 Å². The maximum atomic E-state index is 9.72. The van der Waals surface area contributed by atoms with Crippen LogP contribution in [0.5, 0.6) is 0 Å². The Morgan fingerprint density at radius 3 is 2.88 bits per heavy atom. The number of guanidine groups is 1. The first kappa shape index (κ1) is 17.3. The minimum atomic E-state index is -0.174. The van der Waals surface area contributed by atoms with Gasteiger partial charge in [0.15, 0.2) is 5.96 Å². The molecule has 0 spiro atoms. The highest BCUT2D eigenvalue weighted by Gasteiger charge is 2.21. The van der Waals surface area contributed by atoms with Gasteiger partial charge in [-0.15, -0.1) is 0 Å². The minimum absolute atomic E-state index is 0.174. The summed E-state index contributed by atoms with van der Waals surface area (Å²) in [5.41, 5.74) is 0. The van der Waals surface area contributed by atoms with E-state index < -0.39 is 0 Å². The number of piperidine rings is 1. The highest BCUT2D eigenvalue weighted by Crippen LogP contribution is 2.14. The summed E-state index contributed by atoms with van der Waals surface area (Å²) in [6, 6.07) is 3.91. The molecule has 0 radical (unpaired) electrons. The first-order valence-corrected chi connectivity index (χ1v) is 9.16. The van der Waals surface area contributed by atoms with Gasteiger partial charge in [0.05, 0.1) is 25.0 Å². The van der Waals surface area contributed by atoms with E-state index in [0.717, 1.165) is 63.6 Å². The lowest BCUT2D eigenvalue weighted by Gasteiger charge is -2.33. The van der Waals surface area contributed by atoms with E-state index in [1.807, 2.05) is 12.1 Å². The van der Waals surface area contributed by atoms with Crippen LogP contribution in [-0.2, 0) is 11.2 Å². The molecule has 1 aromatic heterocycles. The summed E-state index contributed by atoms with van der Waals surface area (Å²) < 4.78 is 11.2. The molecule has 3 heterocycles. The number of hydrogen-bond donors (Lipinski definition) is 2. The molecule has 0 amide bonds. The highest BCUT2D eigenvalue weighted by atomic mass is 16.5. The predicted molar refractivity (Wildman–Crippen MR) is 93.1 cm³/mol. The van der Waals surface area contributed by atoms with Crippen LogP contribution in [-0.4, -0.2) is 61.0 Å². The molecular weight excluding hydrogens is 306 g/mol. The molecule has 1 aromatic rings. The van der Waals surface area contributed by atoms with E-state index in [0.29, 0.717) is 6.54 Å². The third-order valence-corrected chi connectivity index (χ3v) is 4.72. The Hall–Kier alpha value is -1.53. The van der Waals surface area contributed by atoms with Gasteiger partial charge in [0.2, 0.25) is 0 Å². The quantitative estimate of drug-likeness (QED) is 0.634. The third-order valence-electron chi connectivity index (χ3n) is 4.72. The van der Waals surface area contributed by atoms with E-state index >= 15 is 0 Å². The van der Waals surface area contributed by atoms with E-state index in [-0.39, 0.29) is 12.2 Å². The maximum Gasteiger partial charge on any atom is 0.194 e. The SMILES string of the molecule is OC1CCN(C(=NCC2CCCCO2)NCCc2ccco2)CC1. The number of aliphatic hydroxyl groups excluding tert-OH is 1. The largest absolute Gasteiger partial charge is 0.469 e. The highest BCUT2D eigenvalue weighted by molar-refractivity contribution is 5.80. The fourth-order valence-electron chi connectivity index (χ4n) is 3.24. The van der Waals surface area contributed by atoms with Crippen LogP contribution in [0.15, 0.2) is 27.8 Å². The maximum absolute atomic E-state index is 9.72. The second-order valence-electron chi connectivity index (χ2n) is 6.63. The predicted octanol–water partition coefficient (Wildman–Crippen LogP) is 1.79. The van der Waals surface area contributed by atoms with E-state index in [4.69, 9.17) is 14.1 Å². The second-order valence-corrected chi connectivity index (χ2v) is 6.63. The van der Waals surface area contributed by atoms with E-state index in [9.17, 15) is 5.11 Å². The van der Waals surface area contributed by atoms with Crippen LogP contribution in [0, 0.1) is 0 Å². The van der Waals surface area contributed by atoms with Crippen molar-refractivity contribution in [3.05, 3.63) is 24.2 Å². The molecule has 0 aromatic carbocycles. The number of likely N-dealkylation sites (tertiary alicyclic amines) is 1. The van der Waals surface area contributed by atoms with Gasteiger partial charge in [0, 0.05) is 32.7 Å². The average molecular weight is 335 g/mol. The summed E-state index contributed by atoms with van der Waals surface area (Å²) in [4.78, 5) is 7.06. The van der Waals surface area contributed by atoms with Gasteiger partial charge in [0.25, 0.3) is 0 Å². The zero-order valence-corrected chi connectivity index (χ0v) is 14.3. The van der Waals surface area contributed by atoms with Crippen LogP contribution in [0.4, 0.5) is 0 Å². The molecule has 24 heavy (non-hydrogen) atoms.